The summed E-state index contributed by atoms with van der Waals surface area (Å²) in [4.78, 5) is 2.50. The summed E-state index contributed by atoms with van der Waals surface area (Å²) in [5.41, 5.74) is 3.24. The molecule has 1 N–H and O–H groups in total. The summed E-state index contributed by atoms with van der Waals surface area (Å²) in [5.74, 6) is 0. The lowest BCUT2D eigenvalue weighted by Gasteiger charge is -2.31. The number of aryl methyl sites for hydroxylation is 3. The molecule has 1 aromatic carbocycles. The SMILES string of the molecule is Cc1ccc([C@@H](CN2CCOCC2)NS(=O)(=O)c2c(C)nn(C)c2C)cc1. The second-order valence-electron chi connectivity index (χ2n) is 7.12. The van der Waals surface area contributed by atoms with Crippen molar-refractivity contribution in [3.8, 4) is 0 Å². The number of ether oxygens (including phenoxy) is 1. The van der Waals surface area contributed by atoms with Crippen LogP contribution in [0.1, 0.15) is 28.6 Å². The molecule has 1 saturated heterocycles. The molecule has 1 aliphatic rings. The maximum atomic E-state index is 13.2. The molecule has 1 atom stereocenters. The van der Waals surface area contributed by atoms with Gasteiger partial charge >= 0.3 is 0 Å². The van der Waals surface area contributed by atoms with Crippen LogP contribution in [0.25, 0.3) is 0 Å². The fourth-order valence-corrected chi connectivity index (χ4v) is 5.09. The zero-order valence-corrected chi connectivity index (χ0v) is 17.2. The molecule has 0 aliphatic carbocycles. The van der Waals surface area contributed by atoms with Crippen molar-refractivity contribution in [2.24, 2.45) is 7.05 Å². The van der Waals surface area contributed by atoms with Crippen LogP contribution in [-0.4, -0.2) is 55.9 Å². The van der Waals surface area contributed by atoms with E-state index >= 15 is 0 Å². The van der Waals surface area contributed by atoms with Gasteiger partial charge in [0, 0.05) is 26.7 Å². The molecule has 0 unspecified atom stereocenters. The first kappa shape index (κ1) is 20.0. The second-order valence-corrected chi connectivity index (χ2v) is 8.77. The molecule has 0 radical (unpaired) electrons. The molecule has 0 bridgehead atoms. The van der Waals surface area contributed by atoms with Crippen molar-refractivity contribution in [2.75, 3.05) is 32.8 Å². The highest BCUT2D eigenvalue weighted by Crippen LogP contribution is 2.23. The molecule has 148 valence electrons. The maximum Gasteiger partial charge on any atom is 0.244 e. The van der Waals surface area contributed by atoms with Gasteiger partial charge in [-0.2, -0.15) is 5.10 Å². The summed E-state index contributed by atoms with van der Waals surface area (Å²) in [6.07, 6.45) is 0. The standard InChI is InChI=1S/C19H28N4O3S/c1-14-5-7-17(8-6-14)18(13-23-9-11-26-12-10-23)21-27(24,25)19-15(2)20-22(4)16(19)3/h5-8,18,21H,9-13H2,1-4H3/t18-/m1/s1. The van der Waals surface area contributed by atoms with E-state index in [4.69, 9.17) is 4.74 Å². The highest BCUT2D eigenvalue weighted by molar-refractivity contribution is 7.89. The Morgan fingerprint density at radius 2 is 1.78 bits per heavy atom. The summed E-state index contributed by atoms with van der Waals surface area (Å²) in [6, 6.07) is 7.66. The number of benzene rings is 1. The van der Waals surface area contributed by atoms with Gasteiger partial charge in [0.1, 0.15) is 4.90 Å². The van der Waals surface area contributed by atoms with Gasteiger partial charge in [-0.1, -0.05) is 29.8 Å². The predicted octanol–water partition coefficient (Wildman–Crippen LogP) is 1.70. The minimum absolute atomic E-state index is 0.268. The molecule has 1 aromatic heterocycles. The Kier molecular flexibility index (Phi) is 6.00. The fourth-order valence-electron chi connectivity index (χ4n) is 3.44. The molecule has 8 heteroatoms. The van der Waals surface area contributed by atoms with Crippen molar-refractivity contribution in [1.82, 2.24) is 19.4 Å². The average Bonchev–Trinajstić information content (AvgIpc) is 2.88. The van der Waals surface area contributed by atoms with Crippen molar-refractivity contribution in [2.45, 2.75) is 31.7 Å². The van der Waals surface area contributed by atoms with Crippen molar-refractivity contribution >= 4 is 10.0 Å². The van der Waals surface area contributed by atoms with E-state index in [1.807, 2.05) is 31.2 Å². The van der Waals surface area contributed by atoms with E-state index < -0.39 is 10.0 Å². The maximum absolute atomic E-state index is 13.2. The summed E-state index contributed by atoms with van der Waals surface area (Å²) >= 11 is 0. The van der Waals surface area contributed by atoms with Gasteiger partial charge in [-0.15, -0.1) is 0 Å². The number of aromatic nitrogens is 2. The van der Waals surface area contributed by atoms with E-state index in [2.05, 4.69) is 14.7 Å². The van der Waals surface area contributed by atoms with Crippen LogP contribution in [0.2, 0.25) is 0 Å². The molecular formula is C19H28N4O3S. The second kappa shape index (κ2) is 8.10. The molecule has 1 aliphatic heterocycles. The normalized spacial score (nSPS) is 17.2. The van der Waals surface area contributed by atoms with Crippen molar-refractivity contribution in [3.63, 3.8) is 0 Å². The van der Waals surface area contributed by atoms with Crippen LogP contribution < -0.4 is 4.72 Å². The third kappa shape index (κ3) is 4.57. The van der Waals surface area contributed by atoms with Gasteiger partial charge in [0.15, 0.2) is 0 Å². The first-order chi connectivity index (χ1) is 12.8. The zero-order chi connectivity index (χ0) is 19.6. The fraction of sp³-hybridized carbons (Fsp3) is 0.526. The zero-order valence-electron chi connectivity index (χ0n) is 16.4. The number of rotatable bonds is 6. The van der Waals surface area contributed by atoms with E-state index in [-0.39, 0.29) is 10.9 Å². The van der Waals surface area contributed by atoms with Crippen LogP contribution in [0.5, 0.6) is 0 Å². The molecule has 1 fully saturated rings. The van der Waals surface area contributed by atoms with Gasteiger partial charge in [-0.05, 0) is 26.3 Å². The topological polar surface area (TPSA) is 76.5 Å². The lowest BCUT2D eigenvalue weighted by molar-refractivity contribution is 0.0345. The number of hydrogen-bond donors (Lipinski definition) is 1. The number of hydrogen-bond acceptors (Lipinski definition) is 5. The molecule has 27 heavy (non-hydrogen) atoms. The number of morpholine rings is 1. The number of nitrogens with zero attached hydrogens (tertiary/aromatic N) is 3. The van der Waals surface area contributed by atoms with E-state index in [0.29, 0.717) is 31.1 Å². The van der Waals surface area contributed by atoms with Crippen LogP contribution in [0.15, 0.2) is 29.2 Å². The van der Waals surface area contributed by atoms with E-state index in [1.54, 1.807) is 25.6 Å². The summed E-state index contributed by atoms with van der Waals surface area (Å²) in [6.45, 7) is 9.07. The quantitative estimate of drug-likeness (QED) is 0.810. The van der Waals surface area contributed by atoms with Crippen molar-refractivity contribution < 1.29 is 13.2 Å². The van der Waals surface area contributed by atoms with E-state index in [1.165, 1.54) is 0 Å². The molecule has 0 spiro atoms. The van der Waals surface area contributed by atoms with Crippen molar-refractivity contribution in [1.29, 1.82) is 0 Å². The molecular weight excluding hydrogens is 364 g/mol. The van der Waals surface area contributed by atoms with Gasteiger partial charge in [0.2, 0.25) is 10.0 Å². The van der Waals surface area contributed by atoms with Crippen LogP contribution in [0.3, 0.4) is 0 Å². The van der Waals surface area contributed by atoms with Crippen LogP contribution >= 0.6 is 0 Å². The number of sulfonamides is 1. The first-order valence-corrected chi connectivity index (χ1v) is 10.7. The Labute approximate surface area is 161 Å². The summed E-state index contributed by atoms with van der Waals surface area (Å²) < 4.78 is 36.3. The predicted molar refractivity (Wildman–Crippen MR) is 104 cm³/mol. The van der Waals surface area contributed by atoms with Gasteiger partial charge in [0.05, 0.1) is 30.6 Å². The Balaban J connectivity index is 1.90. The van der Waals surface area contributed by atoms with Crippen LogP contribution in [0.4, 0.5) is 0 Å². The third-order valence-corrected chi connectivity index (χ3v) is 6.76. The van der Waals surface area contributed by atoms with Gasteiger partial charge < -0.3 is 4.74 Å². The highest BCUT2D eigenvalue weighted by atomic mass is 32.2. The average molecular weight is 393 g/mol. The Morgan fingerprint density at radius 3 is 2.33 bits per heavy atom. The van der Waals surface area contributed by atoms with E-state index in [9.17, 15) is 8.42 Å². The van der Waals surface area contributed by atoms with Crippen LogP contribution in [-0.2, 0) is 21.8 Å². The van der Waals surface area contributed by atoms with Gasteiger partial charge in [0.25, 0.3) is 0 Å². The lowest BCUT2D eigenvalue weighted by atomic mass is 10.1. The lowest BCUT2D eigenvalue weighted by Crippen LogP contribution is -2.43. The molecule has 3 rings (SSSR count). The van der Waals surface area contributed by atoms with Gasteiger partial charge in [-0.25, -0.2) is 13.1 Å². The summed E-state index contributed by atoms with van der Waals surface area (Å²) in [5, 5.41) is 4.25. The Morgan fingerprint density at radius 1 is 1.15 bits per heavy atom. The summed E-state index contributed by atoms with van der Waals surface area (Å²) in [7, 11) is -1.94. The minimum Gasteiger partial charge on any atom is -0.379 e. The van der Waals surface area contributed by atoms with E-state index in [0.717, 1.165) is 24.2 Å². The highest BCUT2D eigenvalue weighted by Gasteiger charge is 2.28. The minimum atomic E-state index is -3.70. The molecule has 0 amide bonds. The first-order valence-electron chi connectivity index (χ1n) is 9.17. The third-order valence-electron chi connectivity index (χ3n) is 5.03. The van der Waals surface area contributed by atoms with Gasteiger partial charge in [-0.3, -0.25) is 9.58 Å². The molecule has 2 heterocycles. The Hall–Kier alpha value is -1.74. The largest absolute Gasteiger partial charge is 0.379 e. The number of nitrogens with one attached hydrogen (secondary N) is 1. The monoisotopic (exact) mass is 392 g/mol. The smallest absolute Gasteiger partial charge is 0.244 e. The van der Waals surface area contributed by atoms with Crippen LogP contribution in [0, 0.1) is 20.8 Å². The molecule has 7 nitrogen and oxygen atoms in total. The molecule has 2 aromatic rings. The molecule has 0 saturated carbocycles. The Bertz CT molecular complexity index is 884. The van der Waals surface area contributed by atoms with Crippen molar-refractivity contribution in [3.05, 3.63) is 46.8 Å².